The van der Waals surface area contributed by atoms with Crippen molar-refractivity contribution in [3.8, 4) is 0 Å². The number of nitrogens with zero attached hydrogens (tertiary/aromatic N) is 2. The molecule has 1 fully saturated rings. The van der Waals surface area contributed by atoms with Crippen LogP contribution in [-0.4, -0.2) is 33.4 Å². The molecule has 0 radical (unpaired) electrons. The van der Waals surface area contributed by atoms with E-state index in [2.05, 4.69) is 24.2 Å². The van der Waals surface area contributed by atoms with Crippen LogP contribution in [-0.2, 0) is 6.54 Å². The summed E-state index contributed by atoms with van der Waals surface area (Å²) in [4.78, 5) is 13.0. The maximum absolute atomic E-state index is 11.0. The standard InChI is InChI=1S/C13H20N4O2S/c1-9-10(2)20-6-5-16(9)8-11-3-4-12(15-14)13(7-11)17(18)19/h3-4,7,9-10,15H,5-6,8,14H2,1-2H3. The molecule has 2 atom stereocenters. The van der Waals surface area contributed by atoms with Crippen molar-refractivity contribution in [2.45, 2.75) is 31.7 Å². The molecule has 1 saturated heterocycles. The van der Waals surface area contributed by atoms with Crippen molar-refractivity contribution >= 4 is 23.1 Å². The van der Waals surface area contributed by atoms with Gasteiger partial charge in [-0.1, -0.05) is 13.0 Å². The van der Waals surface area contributed by atoms with Gasteiger partial charge in [0.1, 0.15) is 5.69 Å². The second-order valence-corrected chi connectivity index (χ2v) is 6.53. The normalized spacial score (nSPS) is 23.6. The third-order valence-electron chi connectivity index (χ3n) is 3.81. The first-order valence-electron chi connectivity index (χ1n) is 6.62. The van der Waals surface area contributed by atoms with Crippen molar-refractivity contribution in [2.24, 2.45) is 5.84 Å². The van der Waals surface area contributed by atoms with Crippen molar-refractivity contribution in [3.05, 3.63) is 33.9 Å². The number of rotatable bonds is 4. The van der Waals surface area contributed by atoms with E-state index in [0.717, 1.165) is 24.4 Å². The SMILES string of the molecule is CC1SCCN(Cc2ccc(NN)c([N+](=O)[O-])c2)C1C. The zero-order valence-corrected chi connectivity index (χ0v) is 12.5. The number of nitro groups is 1. The van der Waals surface area contributed by atoms with Crippen LogP contribution in [0.2, 0.25) is 0 Å². The molecule has 1 aliphatic rings. The van der Waals surface area contributed by atoms with E-state index in [1.54, 1.807) is 12.1 Å². The van der Waals surface area contributed by atoms with Crippen molar-refractivity contribution in [1.82, 2.24) is 4.90 Å². The van der Waals surface area contributed by atoms with Gasteiger partial charge in [0.05, 0.1) is 4.92 Å². The van der Waals surface area contributed by atoms with Crippen molar-refractivity contribution in [1.29, 1.82) is 0 Å². The molecule has 20 heavy (non-hydrogen) atoms. The number of thioether (sulfide) groups is 1. The summed E-state index contributed by atoms with van der Waals surface area (Å²) in [7, 11) is 0. The molecule has 0 amide bonds. The van der Waals surface area contributed by atoms with E-state index >= 15 is 0 Å². The van der Waals surface area contributed by atoms with Crippen molar-refractivity contribution in [2.75, 3.05) is 17.7 Å². The summed E-state index contributed by atoms with van der Waals surface area (Å²) < 4.78 is 0. The number of hydrazine groups is 1. The van der Waals surface area contributed by atoms with Crippen LogP contribution in [0.1, 0.15) is 19.4 Å². The molecule has 0 bridgehead atoms. The summed E-state index contributed by atoms with van der Waals surface area (Å²) in [5.41, 5.74) is 3.68. The number of nitro benzene ring substituents is 1. The molecule has 0 spiro atoms. The molecule has 0 aliphatic carbocycles. The smallest absolute Gasteiger partial charge is 0.293 e. The molecule has 7 heteroatoms. The summed E-state index contributed by atoms with van der Waals surface area (Å²) in [5.74, 6) is 6.40. The van der Waals surface area contributed by atoms with E-state index in [4.69, 9.17) is 5.84 Å². The first-order chi connectivity index (χ1) is 9.52. The van der Waals surface area contributed by atoms with Gasteiger partial charge < -0.3 is 5.43 Å². The van der Waals surface area contributed by atoms with Crippen LogP contribution in [0, 0.1) is 10.1 Å². The number of anilines is 1. The molecular formula is C13H20N4O2S. The van der Waals surface area contributed by atoms with Gasteiger partial charge in [-0.2, -0.15) is 11.8 Å². The average molecular weight is 296 g/mol. The number of nitrogen functional groups attached to an aromatic ring is 1. The maximum Gasteiger partial charge on any atom is 0.293 e. The lowest BCUT2D eigenvalue weighted by atomic mass is 10.1. The largest absolute Gasteiger partial charge is 0.318 e. The molecule has 2 rings (SSSR count). The lowest BCUT2D eigenvalue weighted by molar-refractivity contribution is -0.384. The van der Waals surface area contributed by atoms with E-state index in [9.17, 15) is 10.1 Å². The topological polar surface area (TPSA) is 84.4 Å². The van der Waals surface area contributed by atoms with Crippen LogP contribution in [0.4, 0.5) is 11.4 Å². The van der Waals surface area contributed by atoms with Gasteiger partial charge >= 0.3 is 0 Å². The predicted octanol–water partition coefficient (Wildman–Crippen LogP) is 2.21. The zero-order valence-electron chi connectivity index (χ0n) is 11.7. The molecule has 1 aliphatic heterocycles. The molecule has 3 N–H and O–H groups in total. The Hall–Kier alpha value is -1.31. The molecular weight excluding hydrogens is 276 g/mol. The van der Waals surface area contributed by atoms with Gasteiger partial charge in [0.2, 0.25) is 0 Å². The average Bonchev–Trinajstić information content (AvgIpc) is 2.43. The van der Waals surface area contributed by atoms with Crippen LogP contribution < -0.4 is 11.3 Å². The maximum atomic E-state index is 11.0. The Balaban J connectivity index is 2.17. The Morgan fingerprint density at radius 3 is 2.95 bits per heavy atom. The van der Waals surface area contributed by atoms with Crippen LogP contribution in [0.3, 0.4) is 0 Å². The zero-order chi connectivity index (χ0) is 14.7. The molecule has 0 saturated carbocycles. The van der Waals surface area contributed by atoms with Crippen LogP contribution in [0.25, 0.3) is 0 Å². The fraction of sp³-hybridized carbons (Fsp3) is 0.538. The van der Waals surface area contributed by atoms with Gasteiger partial charge in [-0.25, -0.2) is 0 Å². The minimum atomic E-state index is -0.406. The molecule has 6 nitrogen and oxygen atoms in total. The summed E-state index contributed by atoms with van der Waals surface area (Å²) in [5, 5.41) is 11.6. The van der Waals surface area contributed by atoms with Gasteiger partial charge in [-0.05, 0) is 18.6 Å². The number of hydrogen-bond acceptors (Lipinski definition) is 6. The van der Waals surface area contributed by atoms with Gasteiger partial charge in [-0.15, -0.1) is 0 Å². The highest BCUT2D eigenvalue weighted by Crippen LogP contribution is 2.28. The second-order valence-electron chi connectivity index (χ2n) is 5.04. The Morgan fingerprint density at radius 1 is 1.55 bits per heavy atom. The number of nitrogens with one attached hydrogen (secondary N) is 1. The van der Waals surface area contributed by atoms with Gasteiger partial charge in [0, 0.05) is 36.2 Å². The first-order valence-corrected chi connectivity index (χ1v) is 7.67. The number of benzene rings is 1. The quantitative estimate of drug-likeness (QED) is 0.503. The second kappa shape index (κ2) is 6.43. The van der Waals surface area contributed by atoms with E-state index in [1.165, 1.54) is 0 Å². The van der Waals surface area contributed by atoms with Crippen molar-refractivity contribution in [3.63, 3.8) is 0 Å². The molecule has 2 unspecified atom stereocenters. The third-order valence-corrected chi connectivity index (χ3v) is 5.15. The highest BCUT2D eigenvalue weighted by molar-refractivity contribution is 8.00. The van der Waals surface area contributed by atoms with Gasteiger partial charge in [-0.3, -0.25) is 20.9 Å². The predicted molar refractivity (Wildman–Crippen MR) is 82.7 cm³/mol. The van der Waals surface area contributed by atoms with Crippen molar-refractivity contribution < 1.29 is 4.92 Å². The molecule has 1 aromatic rings. The van der Waals surface area contributed by atoms with Gasteiger partial charge in [0.15, 0.2) is 0 Å². The molecule has 110 valence electrons. The summed E-state index contributed by atoms with van der Waals surface area (Å²) in [6, 6.07) is 5.63. The van der Waals surface area contributed by atoms with E-state index in [0.29, 0.717) is 17.0 Å². The van der Waals surface area contributed by atoms with Crippen LogP contribution >= 0.6 is 11.8 Å². The van der Waals surface area contributed by atoms with E-state index in [-0.39, 0.29) is 5.69 Å². The monoisotopic (exact) mass is 296 g/mol. The van der Waals surface area contributed by atoms with E-state index < -0.39 is 4.92 Å². The molecule has 1 heterocycles. The molecule has 1 aromatic carbocycles. The summed E-state index contributed by atoms with van der Waals surface area (Å²) in [6.07, 6.45) is 0. The summed E-state index contributed by atoms with van der Waals surface area (Å²) >= 11 is 1.98. The van der Waals surface area contributed by atoms with Crippen LogP contribution in [0.15, 0.2) is 18.2 Å². The van der Waals surface area contributed by atoms with Crippen LogP contribution in [0.5, 0.6) is 0 Å². The van der Waals surface area contributed by atoms with Gasteiger partial charge in [0.25, 0.3) is 5.69 Å². The third kappa shape index (κ3) is 3.23. The number of hydrogen-bond donors (Lipinski definition) is 2. The minimum absolute atomic E-state index is 0.0251. The summed E-state index contributed by atoms with van der Waals surface area (Å²) in [6.45, 7) is 6.19. The first kappa shape index (κ1) is 15.1. The number of nitrogens with two attached hydrogens (primary N) is 1. The lowest BCUT2D eigenvalue weighted by Gasteiger charge is -2.37. The van der Waals surface area contributed by atoms with E-state index in [1.807, 2.05) is 17.8 Å². The Kier molecular flexibility index (Phi) is 4.85. The highest BCUT2D eigenvalue weighted by Gasteiger charge is 2.25. The molecule has 0 aromatic heterocycles. The minimum Gasteiger partial charge on any atom is -0.318 e. The Labute approximate surface area is 122 Å². The Morgan fingerprint density at radius 2 is 2.30 bits per heavy atom. The lowest BCUT2D eigenvalue weighted by Crippen LogP contribution is -2.43. The Bertz CT molecular complexity index is 497. The highest BCUT2D eigenvalue weighted by atomic mass is 32.2. The fourth-order valence-corrected chi connectivity index (χ4v) is 3.56. The fourth-order valence-electron chi connectivity index (χ4n) is 2.40.